The number of hydrogen-bond acceptors (Lipinski definition) is 5. The standard InChI is InChI=1S/C29H35F2N3O2/c1-28(2,3)36-27-25(32-16-17-33-27)20-34-18-14-29(15-19-34,13-12-22-8-4-5-9-23(22)30)21-35-26-11-7-6-10-24(26)31/h4-11,16-17H,12-15,18-21H2,1-3H3. The van der Waals surface area contributed by atoms with Crippen molar-refractivity contribution in [2.45, 2.75) is 58.6 Å². The van der Waals surface area contributed by atoms with Crippen LogP contribution >= 0.6 is 0 Å². The molecular formula is C29H35F2N3O2. The summed E-state index contributed by atoms with van der Waals surface area (Å²) in [6.45, 7) is 8.65. The van der Waals surface area contributed by atoms with Gasteiger partial charge in [-0.2, -0.15) is 0 Å². The Morgan fingerprint density at radius 1 is 0.917 bits per heavy atom. The molecule has 5 nitrogen and oxygen atoms in total. The van der Waals surface area contributed by atoms with E-state index in [9.17, 15) is 8.78 Å². The van der Waals surface area contributed by atoms with Crippen LogP contribution in [-0.2, 0) is 13.0 Å². The van der Waals surface area contributed by atoms with Gasteiger partial charge in [-0.15, -0.1) is 0 Å². The van der Waals surface area contributed by atoms with Gasteiger partial charge in [0, 0.05) is 24.4 Å². The van der Waals surface area contributed by atoms with Crippen LogP contribution in [-0.4, -0.2) is 40.2 Å². The first-order chi connectivity index (χ1) is 17.2. The van der Waals surface area contributed by atoms with Crippen molar-refractivity contribution in [3.8, 4) is 11.6 Å². The molecule has 0 amide bonds. The minimum Gasteiger partial charge on any atom is -0.490 e. The Bertz CT molecular complexity index is 1090. The minimum atomic E-state index is -0.367. The summed E-state index contributed by atoms with van der Waals surface area (Å²) >= 11 is 0. The van der Waals surface area contributed by atoms with Gasteiger partial charge < -0.3 is 9.47 Å². The molecule has 0 saturated carbocycles. The zero-order chi connectivity index (χ0) is 25.6. The molecule has 3 aromatic rings. The van der Waals surface area contributed by atoms with Crippen LogP contribution in [0.2, 0.25) is 0 Å². The van der Waals surface area contributed by atoms with Gasteiger partial charge >= 0.3 is 0 Å². The number of para-hydroxylation sites is 1. The number of aryl methyl sites for hydroxylation is 1. The van der Waals surface area contributed by atoms with Gasteiger partial charge in [-0.3, -0.25) is 9.88 Å². The summed E-state index contributed by atoms with van der Waals surface area (Å²) in [4.78, 5) is 11.3. The number of benzene rings is 2. The van der Waals surface area contributed by atoms with E-state index in [-0.39, 0.29) is 28.4 Å². The number of nitrogens with zero attached hydrogens (tertiary/aromatic N) is 3. The fraction of sp³-hybridized carbons (Fsp3) is 0.448. The number of rotatable bonds is 9. The molecule has 0 spiro atoms. The van der Waals surface area contributed by atoms with E-state index in [1.165, 1.54) is 12.1 Å². The van der Waals surface area contributed by atoms with E-state index in [2.05, 4.69) is 14.9 Å². The van der Waals surface area contributed by atoms with Gasteiger partial charge in [-0.05, 0) is 83.3 Å². The summed E-state index contributed by atoms with van der Waals surface area (Å²) < 4.78 is 40.6. The molecule has 1 aromatic heterocycles. The minimum absolute atomic E-state index is 0.186. The Morgan fingerprint density at radius 3 is 2.28 bits per heavy atom. The second-order valence-corrected chi connectivity index (χ2v) is 10.6. The topological polar surface area (TPSA) is 47.5 Å². The lowest BCUT2D eigenvalue weighted by Crippen LogP contribution is -2.43. The molecule has 0 bridgehead atoms. The van der Waals surface area contributed by atoms with Gasteiger partial charge in [0.2, 0.25) is 5.88 Å². The van der Waals surface area contributed by atoms with Crippen molar-refractivity contribution in [1.29, 1.82) is 0 Å². The van der Waals surface area contributed by atoms with Crippen molar-refractivity contribution in [2.75, 3.05) is 19.7 Å². The molecule has 4 rings (SSSR count). The van der Waals surface area contributed by atoms with E-state index in [0.29, 0.717) is 31.0 Å². The Balaban J connectivity index is 1.45. The molecule has 1 aliphatic heterocycles. The predicted octanol–water partition coefficient (Wildman–Crippen LogP) is 6.23. The SMILES string of the molecule is CC(C)(C)Oc1nccnc1CN1CCC(CCc2ccccc2F)(COc2ccccc2F)CC1. The van der Waals surface area contributed by atoms with Gasteiger partial charge in [-0.1, -0.05) is 30.3 Å². The van der Waals surface area contributed by atoms with Crippen LogP contribution in [0, 0.1) is 17.0 Å². The van der Waals surface area contributed by atoms with Crippen molar-refractivity contribution in [2.24, 2.45) is 5.41 Å². The van der Waals surface area contributed by atoms with Crippen LogP contribution in [0.3, 0.4) is 0 Å². The van der Waals surface area contributed by atoms with Gasteiger partial charge in [0.25, 0.3) is 0 Å². The highest BCUT2D eigenvalue weighted by atomic mass is 19.1. The third-order valence-electron chi connectivity index (χ3n) is 6.68. The number of aromatic nitrogens is 2. The molecule has 0 atom stereocenters. The van der Waals surface area contributed by atoms with Crippen molar-refractivity contribution in [3.05, 3.63) is 83.8 Å². The number of likely N-dealkylation sites (tertiary alicyclic amines) is 1. The van der Waals surface area contributed by atoms with Crippen LogP contribution in [0.5, 0.6) is 11.6 Å². The first kappa shape index (κ1) is 26.0. The Hall–Kier alpha value is -3.06. The molecule has 1 fully saturated rings. The van der Waals surface area contributed by atoms with E-state index >= 15 is 0 Å². The second kappa shape index (κ2) is 11.3. The molecule has 7 heteroatoms. The average molecular weight is 496 g/mol. The summed E-state index contributed by atoms with van der Waals surface area (Å²) in [5, 5.41) is 0. The number of ether oxygens (including phenoxy) is 2. The maximum Gasteiger partial charge on any atom is 0.237 e. The summed E-state index contributed by atoms with van der Waals surface area (Å²) in [6, 6.07) is 13.4. The lowest BCUT2D eigenvalue weighted by atomic mass is 9.74. The van der Waals surface area contributed by atoms with Crippen molar-refractivity contribution >= 4 is 0 Å². The maximum absolute atomic E-state index is 14.3. The average Bonchev–Trinajstić information content (AvgIpc) is 2.85. The first-order valence-electron chi connectivity index (χ1n) is 12.6. The monoisotopic (exact) mass is 495 g/mol. The van der Waals surface area contributed by atoms with Crippen molar-refractivity contribution in [1.82, 2.24) is 14.9 Å². The summed E-state index contributed by atoms with van der Waals surface area (Å²) in [6.07, 6.45) is 6.42. The number of halogens is 2. The molecule has 36 heavy (non-hydrogen) atoms. The third kappa shape index (κ3) is 7.00. The van der Waals surface area contributed by atoms with Crippen LogP contribution in [0.4, 0.5) is 8.78 Å². The largest absolute Gasteiger partial charge is 0.490 e. The molecule has 1 saturated heterocycles. The molecule has 0 aliphatic carbocycles. The molecule has 1 aliphatic rings. The smallest absolute Gasteiger partial charge is 0.237 e. The van der Waals surface area contributed by atoms with Gasteiger partial charge in [0.05, 0.1) is 6.61 Å². The Labute approximate surface area is 212 Å². The number of piperidine rings is 1. The fourth-order valence-electron chi connectivity index (χ4n) is 4.60. The maximum atomic E-state index is 14.3. The van der Waals surface area contributed by atoms with Crippen molar-refractivity contribution in [3.63, 3.8) is 0 Å². The van der Waals surface area contributed by atoms with E-state index in [0.717, 1.165) is 38.0 Å². The molecule has 2 aromatic carbocycles. The summed E-state index contributed by atoms with van der Waals surface area (Å²) in [7, 11) is 0. The quantitative estimate of drug-likeness (QED) is 0.352. The van der Waals surface area contributed by atoms with Crippen LogP contribution in [0.15, 0.2) is 60.9 Å². The first-order valence-corrected chi connectivity index (χ1v) is 12.6. The van der Waals surface area contributed by atoms with E-state index < -0.39 is 0 Å². The highest BCUT2D eigenvalue weighted by Gasteiger charge is 2.36. The molecule has 0 unspecified atom stereocenters. The predicted molar refractivity (Wildman–Crippen MR) is 136 cm³/mol. The van der Waals surface area contributed by atoms with E-state index in [1.807, 2.05) is 32.9 Å². The highest BCUT2D eigenvalue weighted by Crippen LogP contribution is 2.38. The third-order valence-corrected chi connectivity index (χ3v) is 6.68. The highest BCUT2D eigenvalue weighted by molar-refractivity contribution is 5.24. The molecule has 192 valence electrons. The van der Waals surface area contributed by atoms with Crippen LogP contribution in [0.1, 0.15) is 51.3 Å². The lowest BCUT2D eigenvalue weighted by molar-refractivity contribution is 0.0411. The van der Waals surface area contributed by atoms with Gasteiger partial charge in [0.15, 0.2) is 11.6 Å². The van der Waals surface area contributed by atoms with Crippen LogP contribution in [0.25, 0.3) is 0 Å². The fourth-order valence-corrected chi connectivity index (χ4v) is 4.60. The Kier molecular flexibility index (Phi) is 8.19. The normalized spacial score (nSPS) is 16.0. The summed E-state index contributed by atoms with van der Waals surface area (Å²) in [5.74, 6) is 0.264. The van der Waals surface area contributed by atoms with Crippen LogP contribution < -0.4 is 9.47 Å². The van der Waals surface area contributed by atoms with E-state index in [1.54, 1.807) is 36.7 Å². The molecule has 0 N–H and O–H groups in total. The van der Waals surface area contributed by atoms with Crippen molar-refractivity contribution < 1.29 is 18.3 Å². The lowest BCUT2D eigenvalue weighted by Gasteiger charge is -2.42. The zero-order valence-electron chi connectivity index (χ0n) is 21.3. The van der Waals surface area contributed by atoms with E-state index in [4.69, 9.17) is 9.47 Å². The summed E-state index contributed by atoms with van der Waals surface area (Å²) in [5.41, 5.74) is 0.967. The molecular weight excluding hydrogens is 460 g/mol. The second-order valence-electron chi connectivity index (χ2n) is 10.6. The van der Waals surface area contributed by atoms with Gasteiger partial charge in [0.1, 0.15) is 17.1 Å². The molecule has 2 heterocycles. The van der Waals surface area contributed by atoms with Gasteiger partial charge in [-0.25, -0.2) is 13.8 Å². The number of hydrogen-bond donors (Lipinski definition) is 0. The Morgan fingerprint density at radius 2 is 1.58 bits per heavy atom. The zero-order valence-corrected chi connectivity index (χ0v) is 21.3. The molecule has 0 radical (unpaired) electrons.